The molecule has 0 spiro atoms. The number of halogens is 1. The molecule has 3 aromatic heterocycles. The molecule has 1 atom stereocenters. The van der Waals surface area contributed by atoms with E-state index in [1.807, 2.05) is 43.3 Å². The first-order valence-electron chi connectivity index (χ1n) is 9.57. The maximum atomic E-state index is 14.2. The molecular formula is C23H19FN6O. The third kappa shape index (κ3) is 3.46. The van der Waals surface area contributed by atoms with Gasteiger partial charge in [-0.05, 0) is 43.2 Å². The lowest BCUT2D eigenvalue weighted by atomic mass is 9.96. The van der Waals surface area contributed by atoms with E-state index in [2.05, 4.69) is 20.1 Å². The number of anilines is 2. The van der Waals surface area contributed by atoms with Crippen LogP contribution >= 0.6 is 0 Å². The Labute approximate surface area is 177 Å². The summed E-state index contributed by atoms with van der Waals surface area (Å²) in [5.41, 5.74) is 8.25. The summed E-state index contributed by atoms with van der Waals surface area (Å²) in [5, 5.41) is 3.18. The number of rotatable bonds is 4. The number of nitrogens with zero attached hydrogens (tertiary/aromatic N) is 4. The van der Waals surface area contributed by atoms with Gasteiger partial charge in [0.25, 0.3) is 11.2 Å². The summed E-state index contributed by atoms with van der Waals surface area (Å²) < 4.78 is 15.6. The van der Waals surface area contributed by atoms with E-state index in [0.29, 0.717) is 22.2 Å². The molecule has 154 valence electrons. The Morgan fingerprint density at radius 3 is 2.65 bits per heavy atom. The molecule has 0 fully saturated rings. The molecule has 4 aromatic rings. The fraction of sp³-hybridized carbons (Fsp3) is 0.130. The number of aromatic nitrogens is 3. The minimum absolute atomic E-state index is 0.0765. The smallest absolute Gasteiger partial charge is 0.268 e. The third-order valence-electron chi connectivity index (χ3n) is 5.19. The Hall–Kier alpha value is -4.25. The van der Waals surface area contributed by atoms with E-state index in [9.17, 15) is 9.18 Å². The third-order valence-corrected chi connectivity index (χ3v) is 5.19. The largest absolute Gasteiger partial charge is 0.392 e. The van der Waals surface area contributed by atoms with Crippen molar-refractivity contribution in [3.05, 3.63) is 93.7 Å². The van der Waals surface area contributed by atoms with E-state index in [-0.39, 0.29) is 28.6 Å². The molecule has 0 radical (unpaired) electrons. The van der Waals surface area contributed by atoms with Crippen molar-refractivity contribution in [2.45, 2.75) is 19.9 Å². The first-order chi connectivity index (χ1) is 14.9. The van der Waals surface area contributed by atoms with Crippen LogP contribution in [0.4, 0.5) is 21.7 Å². The zero-order valence-corrected chi connectivity index (χ0v) is 16.9. The number of aryl methyl sites for hydroxylation is 1. The van der Waals surface area contributed by atoms with Crippen LogP contribution in [0.15, 0.2) is 59.7 Å². The molecule has 0 saturated carbocycles. The van der Waals surface area contributed by atoms with Gasteiger partial charge >= 0.3 is 0 Å². The van der Waals surface area contributed by atoms with E-state index in [0.717, 1.165) is 0 Å². The molecule has 0 amide bonds. The zero-order valence-electron chi connectivity index (χ0n) is 16.9. The summed E-state index contributed by atoms with van der Waals surface area (Å²) in [4.78, 5) is 24.9. The van der Waals surface area contributed by atoms with Gasteiger partial charge in [-0.3, -0.25) is 9.20 Å². The predicted molar refractivity (Wildman–Crippen MR) is 119 cm³/mol. The minimum Gasteiger partial charge on any atom is -0.392 e. The van der Waals surface area contributed by atoms with Gasteiger partial charge in [0, 0.05) is 11.6 Å². The topological polar surface area (TPSA) is 89.7 Å². The number of nitrogens with two attached hydrogens (primary N) is 1. The summed E-state index contributed by atoms with van der Waals surface area (Å²) >= 11 is 0. The second-order valence-electron chi connectivity index (χ2n) is 7.11. The molecule has 3 heterocycles. The van der Waals surface area contributed by atoms with Crippen LogP contribution in [0.5, 0.6) is 0 Å². The molecule has 0 bridgehead atoms. The van der Waals surface area contributed by atoms with Gasteiger partial charge in [0.1, 0.15) is 23.8 Å². The molecule has 31 heavy (non-hydrogen) atoms. The zero-order chi connectivity index (χ0) is 22.1. The van der Waals surface area contributed by atoms with Crippen LogP contribution in [0.25, 0.3) is 21.5 Å². The molecule has 8 heteroatoms. The van der Waals surface area contributed by atoms with Crippen molar-refractivity contribution in [3.63, 3.8) is 0 Å². The van der Waals surface area contributed by atoms with Gasteiger partial charge in [0.15, 0.2) is 0 Å². The summed E-state index contributed by atoms with van der Waals surface area (Å²) in [6.07, 6.45) is 1.28. The first-order valence-corrected chi connectivity index (χ1v) is 9.57. The van der Waals surface area contributed by atoms with Crippen molar-refractivity contribution in [2.24, 2.45) is 0 Å². The summed E-state index contributed by atoms with van der Waals surface area (Å²) in [5.74, 6) is -0.0946. The second-order valence-corrected chi connectivity index (χ2v) is 7.11. The van der Waals surface area contributed by atoms with E-state index in [1.165, 1.54) is 16.8 Å². The van der Waals surface area contributed by atoms with Gasteiger partial charge < -0.3 is 11.1 Å². The number of nitrogen functional groups attached to an aromatic ring is 1. The normalized spacial score (nSPS) is 11.8. The standard InChI is InChI=1S/C23H19FN6O/c1-13(29-22-20(26-3)21(25)27-12-28-22)17-11-16-9-10-18(24)14(2)30(16)23(31)19(17)15-7-5-4-6-8-15/h4-13H,1-2H3,(H3,25,27,28,29)/t13-/m1/s1. The number of hydrogen-bond donors (Lipinski definition) is 2. The van der Waals surface area contributed by atoms with Gasteiger partial charge in [0.05, 0.1) is 17.8 Å². The Kier molecular flexibility index (Phi) is 5.09. The molecule has 4 rings (SSSR count). The van der Waals surface area contributed by atoms with Crippen LogP contribution in [0, 0.1) is 19.3 Å². The fourth-order valence-electron chi connectivity index (χ4n) is 3.63. The molecule has 0 aliphatic carbocycles. The van der Waals surface area contributed by atoms with Crippen LogP contribution in [0.3, 0.4) is 0 Å². The van der Waals surface area contributed by atoms with E-state index < -0.39 is 11.9 Å². The van der Waals surface area contributed by atoms with Gasteiger partial charge in [0.2, 0.25) is 0 Å². The number of pyridine rings is 2. The van der Waals surface area contributed by atoms with Gasteiger partial charge in [-0.25, -0.2) is 19.2 Å². The summed E-state index contributed by atoms with van der Waals surface area (Å²) in [7, 11) is 0. The Morgan fingerprint density at radius 1 is 1.19 bits per heavy atom. The van der Waals surface area contributed by atoms with Crippen molar-refractivity contribution in [1.29, 1.82) is 0 Å². The average Bonchev–Trinajstić information content (AvgIpc) is 2.76. The molecule has 3 N–H and O–H groups in total. The lowest BCUT2D eigenvalue weighted by molar-refractivity contribution is 0.605. The van der Waals surface area contributed by atoms with Gasteiger partial charge in [-0.15, -0.1) is 0 Å². The highest BCUT2D eigenvalue weighted by atomic mass is 19.1. The van der Waals surface area contributed by atoms with Crippen LogP contribution in [0.1, 0.15) is 24.2 Å². The molecule has 0 aliphatic heterocycles. The number of benzene rings is 1. The van der Waals surface area contributed by atoms with Gasteiger partial charge in [-0.1, -0.05) is 30.3 Å². The van der Waals surface area contributed by atoms with E-state index in [1.54, 1.807) is 13.0 Å². The summed E-state index contributed by atoms with van der Waals surface area (Å²) in [6, 6.07) is 13.6. The first kappa shape index (κ1) is 20.0. The van der Waals surface area contributed by atoms with Crippen molar-refractivity contribution in [1.82, 2.24) is 14.4 Å². The Balaban J connectivity index is 1.95. The second kappa shape index (κ2) is 7.88. The van der Waals surface area contributed by atoms with Crippen LogP contribution in [0.2, 0.25) is 0 Å². The van der Waals surface area contributed by atoms with Gasteiger partial charge in [-0.2, -0.15) is 0 Å². The average molecular weight is 414 g/mol. The highest BCUT2D eigenvalue weighted by molar-refractivity contribution is 5.77. The summed E-state index contributed by atoms with van der Waals surface area (Å²) in [6.45, 7) is 10.8. The highest BCUT2D eigenvalue weighted by Crippen LogP contribution is 2.33. The van der Waals surface area contributed by atoms with Crippen molar-refractivity contribution < 1.29 is 4.39 Å². The maximum Gasteiger partial charge on any atom is 0.268 e. The lowest BCUT2D eigenvalue weighted by Crippen LogP contribution is -2.23. The Morgan fingerprint density at radius 2 is 1.94 bits per heavy atom. The lowest BCUT2D eigenvalue weighted by Gasteiger charge is -2.21. The minimum atomic E-state index is -0.453. The molecule has 7 nitrogen and oxygen atoms in total. The van der Waals surface area contributed by atoms with E-state index >= 15 is 0 Å². The molecule has 1 aromatic carbocycles. The molecule has 0 saturated heterocycles. The van der Waals surface area contributed by atoms with Crippen LogP contribution in [-0.2, 0) is 0 Å². The van der Waals surface area contributed by atoms with Crippen molar-refractivity contribution in [3.8, 4) is 11.1 Å². The predicted octanol–water partition coefficient (Wildman–Crippen LogP) is 4.51. The SMILES string of the molecule is [C-]#[N+]c1c(N)ncnc1N[C@H](C)c1cc2ccc(F)c(C)n2c(=O)c1-c1ccccc1. The monoisotopic (exact) mass is 414 g/mol. The number of fused-ring (bicyclic) bond motifs is 1. The van der Waals surface area contributed by atoms with Crippen molar-refractivity contribution >= 4 is 22.8 Å². The maximum absolute atomic E-state index is 14.2. The van der Waals surface area contributed by atoms with Crippen molar-refractivity contribution in [2.75, 3.05) is 11.1 Å². The molecular weight excluding hydrogens is 395 g/mol. The molecule has 0 unspecified atom stereocenters. The quantitative estimate of drug-likeness (QED) is 0.480. The fourth-order valence-corrected chi connectivity index (χ4v) is 3.63. The Bertz CT molecular complexity index is 1390. The number of hydrogen-bond acceptors (Lipinski definition) is 5. The van der Waals surface area contributed by atoms with Crippen LogP contribution < -0.4 is 16.6 Å². The van der Waals surface area contributed by atoms with Crippen LogP contribution in [-0.4, -0.2) is 14.4 Å². The molecule has 0 aliphatic rings. The van der Waals surface area contributed by atoms with E-state index in [4.69, 9.17) is 12.3 Å². The highest BCUT2D eigenvalue weighted by Gasteiger charge is 2.21. The number of nitrogens with one attached hydrogen (secondary N) is 1.